The Hall–Kier alpha value is -1.35. The van der Waals surface area contributed by atoms with Crippen LogP contribution >= 0.6 is 0 Å². The number of rotatable bonds is 3. The van der Waals surface area contributed by atoms with Gasteiger partial charge in [-0.2, -0.15) is 0 Å². The van der Waals surface area contributed by atoms with Gasteiger partial charge in [0.2, 0.25) is 0 Å². The molecule has 0 spiro atoms. The van der Waals surface area contributed by atoms with Crippen LogP contribution < -0.4 is 11.3 Å². The number of quaternary nitrogens is 1. The number of hydrogen-bond donors (Lipinski definition) is 1. The molecule has 0 heterocycles. The minimum absolute atomic E-state index is 0. The minimum Gasteiger partial charge on any atom is -0.545 e. The Morgan fingerprint density at radius 3 is 2.06 bits per heavy atom. The van der Waals surface area contributed by atoms with E-state index in [9.17, 15) is 9.90 Å². The molecule has 1 rings (SSSR count). The fourth-order valence-electron chi connectivity index (χ4n) is 1.91. The van der Waals surface area contributed by atoms with Crippen molar-refractivity contribution in [2.45, 2.75) is 39.5 Å². The van der Waals surface area contributed by atoms with Gasteiger partial charge in [-0.15, -0.1) is 0 Å². The van der Waals surface area contributed by atoms with E-state index in [1.165, 1.54) is 0 Å². The topological polar surface area (TPSA) is 76.6 Å². The van der Waals surface area contributed by atoms with E-state index in [2.05, 4.69) is 13.8 Å². The van der Waals surface area contributed by atoms with Gasteiger partial charge in [-0.3, -0.25) is 0 Å². The zero-order chi connectivity index (χ0) is 11.6. The van der Waals surface area contributed by atoms with Crippen molar-refractivity contribution in [3.63, 3.8) is 0 Å². The molecule has 0 aliphatic heterocycles. The number of carboxylic acids is 1. The molecule has 1 aromatic rings. The molecular formula is C13H21NO2. The third kappa shape index (κ3) is 2.83. The molecule has 1 aromatic carbocycles. The number of aromatic carboxylic acids is 1. The molecule has 0 saturated heterocycles. The Labute approximate surface area is 97.1 Å². The lowest BCUT2D eigenvalue weighted by atomic mass is 9.87. The SMILES string of the molecule is CC(C)c1cccc(C(=O)[O-])c1C(C)C.[NH4+]. The highest BCUT2D eigenvalue weighted by molar-refractivity contribution is 5.88. The second kappa shape index (κ2) is 5.66. The average Bonchev–Trinajstić information content (AvgIpc) is 2.16. The molecule has 0 bridgehead atoms. The molecule has 4 N–H and O–H groups in total. The van der Waals surface area contributed by atoms with Crippen molar-refractivity contribution in [1.82, 2.24) is 6.15 Å². The molecule has 16 heavy (non-hydrogen) atoms. The second-order valence-corrected chi connectivity index (χ2v) is 4.41. The van der Waals surface area contributed by atoms with Crippen molar-refractivity contribution < 1.29 is 9.90 Å². The van der Waals surface area contributed by atoms with Crippen molar-refractivity contribution in [3.8, 4) is 0 Å². The largest absolute Gasteiger partial charge is 0.545 e. The Morgan fingerprint density at radius 2 is 1.69 bits per heavy atom. The minimum atomic E-state index is -1.08. The van der Waals surface area contributed by atoms with Gasteiger partial charge in [0.15, 0.2) is 0 Å². The molecule has 0 atom stereocenters. The van der Waals surface area contributed by atoms with E-state index >= 15 is 0 Å². The monoisotopic (exact) mass is 223 g/mol. The quantitative estimate of drug-likeness (QED) is 0.855. The summed E-state index contributed by atoms with van der Waals surface area (Å²) >= 11 is 0. The number of carbonyl (C=O) groups is 1. The van der Waals surface area contributed by atoms with Gasteiger partial charge in [0.1, 0.15) is 0 Å². The van der Waals surface area contributed by atoms with Crippen LogP contribution in [0.15, 0.2) is 18.2 Å². The summed E-state index contributed by atoms with van der Waals surface area (Å²) < 4.78 is 0. The van der Waals surface area contributed by atoms with Crippen LogP contribution in [0.3, 0.4) is 0 Å². The molecule has 0 aliphatic carbocycles. The van der Waals surface area contributed by atoms with Gasteiger partial charge in [-0.05, 0) is 23.0 Å². The smallest absolute Gasteiger partial charge is 0.0718 e. The second-order valence-electron chi connectivity index (χ2n) is 4.41. The van der Waals surface area contributed by atoms with E-state index in [1.807, 2.05) is 19.9 Å². The Balaban J connectivity index is 0.00000225. The van der Waals surface area contributed by atoms with Crippen LogP contribution in [0.1, 0.15) is 61.0 Å². The van der Waals surface area contributed by atoms with Crippen molar-refractivity contribution in [2.75, 3.05) is 0 Å². The molecule has 0 aliphatic rings. The molecule has 90 valence electrons. The van der Waals surface area contributed by atoms with E-state index in [0.29, 0.717) is 11.5 Å². The zero-order valence-corrected chi connectivity index (χ0v) is 10.7. The summed E-state index contributed by atoms with van der Waals surface area (Å²) in [4.78, 5) is 11.0. The van der Waals surface area contributed by atoms with Gasteiger partial charge >= 0.3 is 0 Å². The first-order valence-electron chi connectivity index (χ1n) is 5.29. The number of hydrogen-bond acceptors (Lipinski definition) is 2. The molecule has 0 unspecified atom stereocenters. The fraction of sp³-hybridized carbons (Fsp3) is 0.462. The summed E-state index contributed by atoms with van der Waals surface area (Å²) in [6.45, 7) is 8.15. The van der Waals surface area contributed by atoms with Crippen molar-refractivity contribution in [3.05, 3.63) is 34.9 Å². The van der Waals surface area contributed by atoms with Gasteiger partial charge in [-0.25, -0.2) is 0 Å². The van der Waals surface area contributed by atoms with Gasteiger partial charge < -0.3 is 16.1 Å². The maximum absolute atomic E-state index is 11.0. The summed E-state index contributed by atoms with van der Waals surface area (Å²) in [5.41, 5.74) is 2.34. The third-order valence-electron chi connectivity index (χ3n) is 2.56. The lowest BCUT2D eigenvalue weighted by Crippen LogP contribution is -2.24. The van der Waals surface area contributed by atoms with Gasteiger partial charge in [0.05, 0.1) is 5.97 Å². The first kappa shape index (κ1) is 14.6. The van der Waals surface area contributed by atoms with Crippen LogP contribution in [0.5, 0.6) is 0 Å². The van der Waals surface area contributed by atoms with E-state index in [0.717, 1.165) is 11.1 Å². The first-order valence-corrected chi connectivity index (χ1v) is 5.29. The third-order valence-corrected chi connectivity index (χ3v) is 2.56. The highest BCUT2D eigenvalue weighted by atomic mass is 16.4. The zero-order valence-electron chi connectivity index (χ0n) is 10.7. The Bertz CT molecular complexity index is 370. The molecule has 0 fully saturated rings. The van der Waals surface area contributed by atoms with Crippen molar-refractivity contribution >= 4 is 5.97 Å². The predicted octanol–water partition coefficient (Wildman–Crippen LogP) is 2.67. The van der Waals surface area contributed by atoms with Gasteiger partial charge in [-0.1, -0.05) is 45.9 Å². The van der Waals surface area contributed by atoms with E-state index in [-0.39, 0.29) is 12.1 Å². The normalized spacial score (nSPS) is 10.4. The average molecular weight is 223 g/mol. The molecule has 3 heteroatoms. The first-order chi connectivity index (χ1) is 6.95. The maximum atomic E-state index is 11.0. The van der Waals surface area contributed by atoms with Crippen LogP contribution in [-0.2, 0) is 0 Å². The van der Waals surface area contributed by atoms with Crippen LogP contribution in [0.2, 0.25) is 0 Å². The van der Waals surface area contributed by atoms with Crippen LogP contribution in [0.25, 0.3) is 0 Å². The maximum Gasteiger partial charge on any atom is 0.0718 e. The molecular weight excluding hydrogens is 202 g/mol. The Morgan fingerprint density at radius 1 is 1.12 bits per heavy atom. The molecule has 0 aromatic heterocycles. The number of carboxylic acid groups (broad SMARTS) is 1. The van der Waals surface area contributed by atoms with Crippen LogP contribution in [0.4, 0.5) is 0 Å². The van der Waals surface area contributed by atoms with Crippen molar-refractivity contribution in [2.24, 2.45) is 0 Å². The number of carbonyl (C=O) groups excluding carboxylic acids is 1. The van der Waals surface area contributed by atoms with Gasteiger partial charge in [0, 0.05) is 5.56 Å². The molecule has 0 saturated carbocycles. The molecule has 0 radical (unpaired) electrons. The lowest BCUT2D eigenvalue weighted by Gasteiger charge is -2.20. The summed E-state index contributed by atoms with van der Waals surface area (Å²) in [6, 6.07) is 5.40. The Kier molecular flexibility index (Phi) is 5.18. The highest BCUT2D eigenvalue weighted by Gasteiger charge is 2.14. The summed E-state index contributed by atoms with van der Waals surface area (Å²) in [5.74, 6) is -0.542. The predicted molar refractivity (Wildman–Crippen MR) is 64.9 cm³/mol. The fourth-order valence-corrected chi connectivity index (χ4v) is 1.91. The summed E-state index contributed by atoms with van der Waals surface area (Å²) in [7, 11) is 0. The van der Waals surface area contributed by atoms with Crippen LogP contribution in [0, 0.1) is 0 Å². The van der Waals surface area contributed by atoms with Gasteiger partial charge in [0.25, 0.3) is 0 Å². The van der Waals surface area contributed by atoms with E-state index < -0.39 is 5.97 Å². The highest BCUT2D eigenvalue weighted by Crippen LogP contribution is 2.28. The van der Waals surface area contributed by atoms with Crippen LogP contribution in [-0.4, -0.2) is 5.97 Å². The van der Waals surface area contributed by atoms with E-state index in [4.69, 9.17) is 0 Å². The summed E-state index contributed by atoms with van der Waals surface area (Å²) in [5, 5.41) is 11.0. The lowest BCUT2D eigenvalue weighted by molar-refractivity contribution is -0.255. The number of benzene rings is 1. The van der Waals surface area contributed by atoms with E-state index in [1.54, 1.807) is 12.1 Å². The molecule has 0 amide bonds. The van der Waals surface area contributed by atoms with Crippen molar-refractivity contribution in [1.29, 1.82) is 0 Å². The summed E-state index contributed by atoms with van der Waals surface area (Å²) in [6.07, 6.45) is 0. The molecule has 3 nitrogen and oxygen atoms in total. The standard InChI is InChI=1S/C13H18O2.H3N/c1-8(2)10-6-5-7-11(13(14)15)12(10)9(3)4;/h5-9H,1-4H3,(H,14,15);1H3.